The average molecular weight is 278 g/mol. The molecule has 0 aliphatic carbocycles. The number of methoxy groups -OCH3 is 1. The molecule has 2 aromatic rings. The van der Waals surface area contributed by atoms with Crippen LogP contribution < -0.4 is 4.74 Å². The van der Waals surface area contributed by atoms with Crippen LogP contribution in [0.2, 0.25) is 0 Å². The highest BCUT2D eigenvalue weighted by molar-refractivity contribution is 7.99. The Kier molecular flexibility index (Phi) is 4.45. The van der Waals surface area contributed by atoms with Crippen LogP contribution >= 0.6 is 11.8 Å². The van der Waals surface area contributed by atoms with Gasteiger partial charge in [-0.15, -0.1) is 0 Å². The summed E-state index contributed by atoms with van der Waals surface area (Å²) in [5.41, 5.74) is 0.329. The zero-order chi connectivity index (χ0) is 13.8. The zero-order valence-corrected chi connectivity index (χ0v) is 11.6. The second-order valence-corrected chi connectivity index (χ2v) is 5.22. The molecule has 1 N–H and O–H groups in total. The Balaban J connectivity index is 2.35. The Bertz CT molecular complexity index is 570. The summed E-state index contributed by atoms with van der Waals surface area (Å²) in [4.78, 5) is 1.65. The number of hydrogen-bond donors (Lipinski definition) is 1. The molecule has 1 atom stereocenters. The lowest BCUT2D eigenvalue weighted by Gasteiger charge is -2.12. The molecule has 0 aliphatic rings. The van der Waals surface area contributed by atoms with Crippen LogP contribution in [0, 0.1) is 5.82 Å². The van der Waals surface area contributed by atoms with E-state index in [9.17, 15) is 9.50 Å². The molecular formula is C15H15FO2S. The van der Waals surface area contributed by atoms with E-state index in [-0.39, 0.29) is 5.82 Å². The first-order chi connectivity index (χ1) is 9.11. The van der Waals surface area contributed by atoms with Crippen molar-refractivity contribution in [3.63, 3.8) is 0 Å². The van der Waals surface area contributed by atoms with E-state index < -0.39 is 6.10 Å². The topological polar surface area (TPSA) is 29.5 Å². The van der Waals surface area contributed by atoms with Crippen LogP contribution in [-0.4, -0.2) is 12.2 Å². The Morgan fingerprint density at radius 2 is 1.95 bits per heavy atom. The van der Waals surface area contributed by atoms with E-state index >= 15 is 0 Å². The molecule has 0 aliphatic heterocycles. The van der Waals surface area contributed by atoms with Gasteiger partial charge in [0.2, 0.25) is 0 Å². The lowest BCUT2D eigenvalue weighted by molar-refractivity contribution is 0.191. The van der Waals surface area contributed by atoms with Gasteiger partial charge in [-0.1, -0.05) is 23.9 Å². The van der Waals surface area contributed by atoms with Gasteiger partial charge in [0.1, 0.15) is 11.6 Å². The summed E-state index contributed by atoms with van der Waals surface area (Å²) in [6, 6.07) is 12.3. The first-order valence-corrected chi connectivity index (χ1v) is 6.72. The largest absolute Gasteiger partial charge is 0.497 e. The van der Waals surface area contributed by atoms with E-state index in [1.165, 1.54) is 17.8 Å². The molecule has 0 aromatic heterocycles. The van der Waals surface area contributed by atoms with Crippen molar-refractivity contribution in [3.8, 4) is 5.75 Å². The third kappa shape index (κ3) is 3.28. The highest BCUT2D eigenvalue weighted by Crippen LogP contribution is 2.35. The molecule has 100 valence electrons. The minimum atomic E-state index is -0.839. The summed E-state index contributed by atoms with van der Waals surface area (Å²) >= 11 is 1.41. The Morgan fingerprint density at radius 1 is 1.21 bits per heavy atom. The quantitative estimate of drug-likeness (QED) is 0.915. The molecule has 0 bridgehead atoms. The molecule has 0 saturated carbocycles. The number of aliphatic hydroxyl groups excluding tert-OH is 1. The first kappa shape index (κ1) is 13.9. The maximum Gasteiger partial charge on any atom is 0.130 e. The first-order valence-electron chi connectivity index (χ1n) is 5.90. The van der Waals surface area contributed by atoms with Crippen molar-refractivity contribution in [2.24, 2.45) is 0 Å². The normalized spacial score (nSPS) is 12.2. The van der Waals surface area contributed by atoms with E-state index in [0.717, 1.165) is 10.6 Å². The van der Waals surface area contributed by atoms with E-state index in [1.807, 2.05) is 24.3 Å². The SMILES string of the molecule is COc1cccc(Sc2cccc(F)c2C(C)O)c1. The Hall–Kier alpha value is -1.52. The van der Waals surface area contributed by atoms with E-state index in [2.05, 4.69) is 0 Å². The van der Waals surface area contributed by atoms with Crippen molar-refractivity contribution in [1.82, 2.24) is 0 Å². The fourth-order valence-electron chi connectivity index (χ4n) is 1.80. The van der Waals surface area contributed by atoms with Crippen molar-refractivity contribution in [2.75, 3.05) is 7.11 Å². The van der Waals surface area contributed by atoms with Gasteiger partial charge in [-0.05, 0) is 37.3 Å². The molecule has 0 heterocycles. The molecule has 2 rings (SSSR count). The van der Waals surface area contributed by atoms with E-state index in [4.69, 9.17) is 4.74 Å². The molecule has 0 saturated heterocycles. The zero-order valence-electron chi connectivity index (χ0n) is 10.8. The highest BCUT2D eigenvalue weighted by atomic mass is 32.2. The van der Waals surface area contributed by atoms with Gasteiger partial charge in [0.15, 0.2) is 0 Å². The number of rotatable bonds is 4. The van der Waals surface area contributed by atoms with Gasteiger partial charge in [0, 0.05) is 15.4 Å². The van der Waals surface area contributed by atoms with Crippen molar-refractivity contribution in [3.05, 3.63) is 53.8 Å². The number of hydrogen-bond acceptors (Lipinski definition) is 3. The van der Waals surface area contributed by atoms with Gasteiger partial charge in [0.25, 0.3) is 0 Å². The molecule has 1 unspecified atom stereocenters. The predicted molar refractivity (Wildman–Crippen MR) is 74.2 cm³/mol. The monoisotopic (exact) mass is 278 g/mol. The molecule has 2 aromatic carbocycles. The average Bonchev–Trinajstić information content (AvgIpc) is 2.38. The summed E-state index contributed by atoms with van der Waals surface area (Å²) in [5.74, 6) is 0.364. The third-order valence-electron chi connectivity index (χ3n) is 2.70. The lowest BCUT2D eigenvalue weighted by Crippen LogP contribution is -1.98. The predicted octanol–water partition coefficient (Wildman–Crippen LogP) is 4.04. The van der Waals surface area contributed by atoms with Gasteiger partial charge in [-0.2, -0.15) is 0 Å². The number of ether oxygens (including phenoxy) is 1. The van der Waals surface area contributed by atoms with Crippen LogP contribution in [0.25, 0.3) is 0 Å². The minimum Gasteiger partial charge on any atom is -0.497 e. The second kappa shape index (κ2) is 6.08. The Morgan fingerprint density at radius 3 is 2.63 bits per heavy atom. The molecule has 19 heavy (non-hydrogen) atoms. The van der Waals surface area contributed by atoms with Crippen molar-refractivity contribution in [1.29, 1.82) is 0 Å². The van der Waals surface area contributed by atoms with E-state index in [0.29, 0.717) is 10.5 Å². The highest BCUT2D eigenvalue weighted by Gasteiger charge is 2.14. The summed E-state index contributed by atoms with van der Waals surface area (Å²) < 4.78 is 18.9. The summed E-state index contributed by atoms with van der Waals surface area (Å²) in [7, 11) is 1.60. The minimum absolute atomic E-state index is 0.329. The Labute approximate surface area is 116 Å². The second-order valence-electron chi connectivity index (χ2n) is 4.11. The third-order valence-corrected chi connectivity index (χ3v) is 3.77. The van der Waals surface area contributed by atoms with Gasteiger partial charge in [0.05, 0.1) is 13.2 Å². The fraction of sp³-hybridized carbons (Fsp3) is 0.200. The van der Waals surface area contributed by atoms with Crippen LogP contribution in [0.3, 0.4) is 0 Å². The van der Waals surface area contributed by atoms with Crippen LogP contribution in [0.4, 0.5) is 4.39 Å². The molecule has 0 amide bonds. The van der Waals surface area contributed by atoms with Gasteiger partial charge in [-0.3, -0.25) is 0 Å². The van der Waals surface area contributed by atoms with E-state index in [1.54, 1.807) is 26.2 Å². The van der Waals surface area contributed by atoms with Crippen molar-refractivity contribution < 1.29 is 14.2 Å². The maximum absolute atomic E-state index is 13.8. The number of halogens is 1. The molecule has 2 nitrogen and oxygen atoms in total. The summed E-state index contributed by atoms with van der Waals surface area (Å²) in [6.45, 7) is 1.56. The summed E-state index contributed by atoms with van der Waals surface area (Å²) in [5, 5.41) is 9.69. The standard InChI is InChI=1S/C15H15FO2S/c1-10(17)15-13(16)7-4-8-14(15)19-12-6-3-5-11(9-12)18-2/h3-10,17H,1-2H3. The van der Waals surface area contributed by atoms with Crippen molar-refractivity contribution >= 4 is 11.8 Å². The lowest BCUT2D eigenvalue weighted by atomic mass is 10.1. The molecule has 0 fully saturated rings. The van der Waals surface area contributed by atoms with Crippen LogP contribution in [0.5, 0.6) is 5.75 Å². The van der Waals surface area contributed by atoms with Crippen molar-refractivity contribution in [2.45, 2.75) is 22.8 Å². The van der Waals surface area contributed by atoms with Gasteiger partial charge < -0.3 is 9.84 Å². The fourth-order valence-corrected chi connectivity index (χ4v) is 2.90. The molecular weight excluding hydrogens is 263 g/mol. The van der Waals surface area contributed by atoms with Gasteiger partial charge >= 0.3 is 0 Å². The molecule has 0 radical (unpaired) electrons. The van der Waals surface area contributed by atoms with Crippen LogP contribution in [0.1, 0.15) is 18.6 Å². The molecule has 0 spiro atoms. The molecule has 4 heteroatoms. The van der Waals surface area contributed by atoms with Crippen LogP contribution in [0.15, 0.2) is 52.3 Å². The summed E-state index contributed by atoms with van der Waals surface area (Å²) in [6.07, 6.45) is -0.839. The number of aliphatic hydroxyl groups is 1. The number of benzene rings is 2. The van der Waals surface area contributed by atoms with Gasteiger partial charge in [-0.25, -0.2) is 4.39 Å². The maximum atomic E-state index is 13.8. The smallest absolute Gasteiger partial charge is 0.130 e. The van der Waals surface area contributed by atoms with Crippen LogP contribution in [-0.2, 0) is 0 Å².